The van der Waals surface area contributed by atoms with Crippen LogP contribution in [0.3, 0.4) is 0 Å². The summed E-state index contributed by atoms with van der Waals surface area (Å²) in [5.74, 6) is 0.623. The Labute approximate surface area is 114 Å². The summed E-state index contributed by atoms with van der Waals surface area (Å²) in [5, 5.41) is 14.9. The number of aromatic nitrogens is 2. The molecule has 1 aromatic carbocycles. The molecule has 0 atom stereocenters. The molecule has 7 heteroatoms. The van der Waals surface area contributed by atoms with E-state index in [0.29, 0.717) is 18.0 Å². The third kappa shape index (κ3) is 3.25. The maximum atomic E-state index is 11.0. The molecule has 0 aliphatic rings. The first-order chi connectivity index (χ1) is 9.22. The van der Waals surface area contributed by atoms with Gasteiger partial charge in [-0.05, 0) is 12.5 Å². The Morgan fingerprint density at radius 2 is 2.37 bits per heavy atom. The number of para-hydroxylation sites is 1. The Morgan fingerprint density at radius 1 is 1.53 bits per heavy atom. The van der Waals surface area contributed by atoms with Crippen LogP contribution in [-0.4, -0.2) is 21.4 Å². The number of hydrogen-bond acceptors (Lipinski definition) is 5. The maximum absolute atomic E-state index is 11.0. The first-order valence-electron chi connectivity index (χ1n) is 5.84. The van der Waals surface area contributed by atoms with Gasteiger partial charge < -0.3 is 10.3 Å². The quantitative estimate of drug-likeness (QED) is 0.482. The minimum Gasteiger partial charge on any atom is -0.380 e. The Kier molecular flexibility index (Phi) is 4.40. The van der Waals surface area contributed by atoms with E-state index in [9.17, 15) is 10.1 Å². The van der Waals surface area contributed by atoms with E-state index in [0.717, 1.165) is 10.7 Å². The zero-order valence-electron chi connectivity index (χ0n) is 10.4. The molecule has 2 N–H and O–H groups in total. The molecule has 0 radical (unpaired) electrons. The number of imidazole rings is 1. The summed E-state index contributed by atoms with van der Waals surface area (Å²) < 4.78 is 0. The number of nitrogens with zero attached hydrogens (tertiary/aromatic N) is 2. The van der Waals surface area contributed by atoms with Crippen molar-refractivity contribution in [1.82, 2.24) is 9.97 Å². The van der Waals surface area contributed by atoms with Crippen molar-refractivity contribution in [2.45, 2.75) is 17.8 Å². The van der Waals surface area contributed by atoms with Gasteiger partial charge in [0.25, 0.3) is 5.69 Å². The zero-order valence-corrected chi connectivity index (χ0v) is 11.2. The van der Waals surface area contributed by atoms with Gasteiger partial charge in [0.2, 0.25) is 0 Å². The number of nitrogens with one attached hydrogen (secondary N) is 2. The maximum Gasteiger partial charge on any atom is 0.292 e. The highest BCUT2D eigenvalue weighted by Gasteiger charge is 2.16. The van der Waals surface area contributed by atoms with Gasteiger partial charge in [-0.2, -0.15) is 0 Å². The van der Waals surface area contributed by atoms with Crippen molar-refractivity contribution in [2.24, 2.45) is 0 Å². The van der Waals surface area contributed by atoms with Gasteiger partial charge in [-0.1, -0.05) is 23.9 Å². The normalized spacial score (nSPS) is 10.4. The zero-order chi connectivity index (χ0) is 13.7. The predicted molar refractivity (Wildman–Crippen MR) is 75.4 cm³/mol. The van der Waals surface area contributed by atoms with Crippen LogP contribution in [0.4, 0.5) is 11.4 Å². The largest absolute Gasteiger partial charge is 0.380 e. The molecule has 6 nitrogen and oxygen atoms in total. The van der Waals surface area contributed by atoms with Gasteiger partial charge in [-0.15, -0.1) is 0 Å². The molecule has 0 saturated carbocycles. The molecule has 0 unspecified atom stereocenters. The molecule has 100 valence electrons. The summed E-state index contributed by atoms with van der Waals surface area (Å²) in [5.41, 5.74) is 1.60. The van der Waals surface area contributed by atoms with Crippen molar-refractivity contribution in [1.29, 1.82) is 0 Å². The van der Waals surface area contributed by atoms with Crippen LogP contribution in [0.15, 0.2) is 35.7 Å². The lowest BCUT2D eigenvalue weighted by Gasteiger charge is -2.10. The smallest absolute Gasteiger partial charge is 0.292 e. The monoisotopic (exact) mass is 278 g/mol. The standard InChI is InChI=1S/C12H14N4O2S/c1-2-13-11-9(4-3-5-10(11)16(17)18)8-19-12-14-6-7-15-12/h3-7,13H,2,8H2,1H3,(H,14,15). The molecule has 0 fully saturated rings. The molecule has 1 aromatic heterocycles. The van der Waals surface area contributed by atoms with E-state index in [-0.39, 0.29) is 10.6 Å². The van der Waals surface area contributed by atoms with E-state index in [2.05, 4.69) is 15.3 Å². The average Bonchev–Trinajstić information content (AvgIpc) is 2.90. The number of nitro groups is 1. The Hall–Kier alpha value is -2.02. The summed E-state index contributed by atoms with van der Waals surface area (Å²) in [6.07, 6.45) is 3.43. The van der Waals surface area contributed by atoms with Gasteiger partial charge in [0.1, 0.15) is 5.69 Å². The lowest BCUT2D eigenvalue weighted by Crippen LogP contribution is -2.04. The third-order valence-electron chi connectivity index (χ3n) is 2.52. The highest BCUT2D eigenvalue weighted by molar-refractivity contribution is 7.98. The number of nitro benzene ring substituents is 1. The molecule has 0 amide bonds. The van der Waals surface area contributed by atoms with Crippen LogP contribution in [0, 0.1) is 10.1 Å². The Balaban J connectivity index is 2.23. The topological polar surface area (TPSA) is 83.8 Å². The summed E-state index contributed by atoms with van der Waals surface area (Å²) in [6, 6.07) is 5.11. The van der Waals surface area contributed by atoms with Gasteiger partial charge in [-0.25, -0.2) is 4.98 Å². The van der Waals surface area contributed by atoms with E-state index in [4.69, 9.17) is 0 Å². The van der Waals surface area contributed by atoms with Crippen molar-refractivity contribution in [2.75, 3.05) is 11.9 Å². The number of rotatable bonds is 6. The van der Waals surface area contributed by atoms with Crippen molar-refractivity contribution in [3.8, 4) is 0 Å². The second kappa shape index (κ2) is 6.24. The molecular formula is C12H14N4O2S. The molecule has 0 aliphatic heterocycles. The molecule has 0 saturated heterocycles. The fraction of sp³-hybridized carbons (Fsp3) is 0.250. The van der Waals surface area contributed by atoms with Crippen LogP contribution in [0.25, 0.3) is 0 Å². The molecule has 19 heavy (non-hydrogen) atoms. The van der Waals surface area contributed by atoms with E-state index >= 15 is 0 Å². The highest BCUT2D eigenvalue weighted by Crippen LogP contribution is 2.31. The molecule has 0 aliphatic carbocycles. The van der Waals surface area contributed by atoms with Crippen LogP contribution in [0.1, 0.15) is 12.5 Å². The first-order valence-corrected chi connectivity index (χ1v) is 6.83. The van der Waals surface area contributed by atoms with E-state index in [1.54, 1.807) is 18.5 Å². The number of anilines is 1. The van der Waals surface area contributed by atoms with Crippen molar-refractivity contribution >= 4 is 23.1 Å². The van der Waals surface area contributed by atoms with E-state index in [1.807, 2.05) is 13.0 Å². The second-order valence-corrected chi connectivity index (χ2v) is 4.75. The fourth-order valence-electron chi connectivity index (χ4n) is 1.72. The summed E-state index contributed by atoms with van der Waals surface area (Å²) in [7, 11) is 0. The van der Waals surface area contributed by atoms with Gasteiger partial charge >= 0.3 is 0 Å². The SMILES string of the molecule is CCNc1c(CSc2ncc[nH]2)cccc1[N+](=O)[O-]. The molecule has 1 heterocycles. The predicted octanol–water partition coefficient (Wildman–Crippen LogP) is 3.04. The van der Waals surface area contributed by atoms with E-state index < -0.39 is 0 Å². The molecule has 0 bridgehead atoms. The number of thioether (sulfide) groups is 1. The minimum atomic E-state index is -0.362. The van der Waals surface area contributed by atoms with Crippen LogP contribution in [0.5, 0.6) is 0 Å². The van der Waals surface area contributed by atoms with Crippen molar-refractivity contribution < 1.29 is 4.92 Å². The lowest BCUT2D eigenvalue weighted by molar-refractivity contribution is -0.384. The van der Waals surface area contributed by atoms with Crippen LogP contribution in [0.2, 0.25) is 0 Å². The van der Waals surface area contributed by atoms with Crippen LogP contribution < -0.4 is 5.32 Å². The number of hydrogen-bond donors (Lipinski definition) is 2. The van der Waals surface area contributed by atoms with Gasteiger partial charge in [0.05, 0.1) is 4.92 Å². The number of H-pyrrole nitrogens is 1. The van der Waals surface area contributed by atoms with Gasteiger partial charge in [0.15, 0.2) is 5.16 Å². The Morgan fingerprint density at radius 3 is 3.00 bits per heavy atom. The summed E-state index contributed by atoms with van der Waals surface area (Å²) in [6.45, 7) is 2.56. The van der Waals surface area contributed by atoms with Crippen molar-refractivity contribution in [3.63, 3.8) is 0 Å². The number of aromatic amines is 1. The van der Waals surface area contributed by atoms with Crippen LogP contribution in [-0.2, 0) is 5.75 Å². The molecule has 2 aromatic rings. The van der Waals surface area contributed by atoms with Crippen LogP contribution >= 0.6 is 11.8 Å². The second-order valence-electron chi connectivity index (χ2n) is 3.78. The first kappa shape index (κ1) is 13.4. The van der Waals surface area contributed by atoms with Crippen molar-refractivity contribution in [3.05, 3.63) is 46.3 Å². The molecular weight excluding hydrogens is 264 g/mol. The lowest BCUT2D eigenvalue weighted by atomic mass is 10.1. The summed E-state index contributed by atoms with van der Waals surface area (Å²) in [4.78, 5) is 17.8. The summed E-state index contributed by atoms with van der Waals surface area (Å²) >= 11 is 1.51. The average molecular weight is 278 g/mol. The fourth-order valence-corrected chi connectivity index (χ4v) is 2.54. The highest BCUT2D eigenvalue weighted by atomic mass is 32.2. The Bertz CT molecular complexity index is 557. The molecule has 0 spiro atoms. The third-order valence-corrected chi connectivity index (χ3v) is 3.47. The van der Waals surface area contributed by atoms with E-state index in [1.165, 1.54) is 17.8 Å². The number of benzene rings is 1. The van der Waals surface area contributed by atoms with Gasteiger partial charge in [0, 0.05) is 30.8 Å². The minimum absolute atomic E-state index is 0.111. The van der Waals surface area contributed by atoms with Gasteiger partial charge in [-0.3, -0.25) is 10.1 Å². The molecule has 2 rings (SSSR count).